The van der Waals surface area contributed by atoms with Crippen LogP contribution < -0.4 is 5.11 Å². The number of rotatable bonds is 5. The average molecular weight is 287 g/mol. The zero-order chi connectivity index (χ0) is 16.3. The summed E-state index contributed by atoms with van der Waals surface area (Å²) in [7, 11) is 12.1. The number of quaternary nitrogens is 1. The Morgan fingerprint density at radius 1 is 1.25 bits per heavy atom. The summed E-state index contributed by atoms with van der Waals surface area (Å²) in [6, 6.07) is 0. The molecule has 0 aromatic carbocycles. The van der Waals surface area contributed by atoms with E-state index in [4.69, 9.17) is 0 Å². The van der Waals surface area contributed by atoms with E-state index in [9.17, 15) is 9.90 Å². The van der Waals surface area contributed by atoms with Gasteiger partial charge in [-0.05, 0) is 18.8 Å². The van der Waals surface area contributed by atoms with E-state index < -0.39 is 5.97 Å². The molecule has 0 fully saturated rings. The minimum atomic E-state index is -0.893. The molecule has 0 heterocycles. The van der Waals surface area contributed by atoms with Crippen LogP contribution in [0.4, 0.5) is 0 Å². The van der Waals surface area contributed by atoms with Crippen molar-refractivity contribution in [3.05, 3.63) is 0 Å². The van der Waals surface area contributed by atoms with Crippen molar-refractivity contribution in [3.8, 4) is 0 Å². The van der Waals surface area contributed by atoms with E-state index in [0.717, 1.165) is 29.7 Å². The first-order valence-corrected chi connectivity index (χ1v) is 7.28. The quantitative estimate of drug-likeness (QED) is 0.434. The maximum atomic E-state index is 10.3. The fourth-order valence-corrected chi connectivity index (χ4v) is 2.04. The summed E-state index contributed by atoms with van der Waals surface area (Å²) < 4.78 is 0.767. The number of hydrogen-bond acceptors (Lipinski definition) is 3. The number of aliphatic imine (C=N–C) groups is 1. The number of carbonyl (C=O) groups is 1. The number of hydrogen-bond donors (Lipinski definition) is 0. The molecule has 0 spiro atoms. The Labute approximate surface area is 124 Å². The fraction of sp³-hybridized carbons (Fsp3) is 0.867. The predicted octanol–water partition coefficient (Wildman–Crippen LogP) is 1.19. The Morgan fingerprint density at radius 3 is 1.90 bits per heavy atom. The molecule has 0 saturated heterocycles. The summed E-state index contributed by atoms with van der Waals surface area (Å²) in [6.07, 6.45) is 3.52. The normalized spacial score (nSPS) is 13.3. The first kappa shape index (κ1) is 21.2. The molecule has 5 heteroatoms. The van der Waals surface area contributed by atoms with Gasteiger partial charge in [0.2, 0.25) is 0 Å². The summed E-state index contributed by atoms with van der Waals surface area (Å²) in [6.45, 7) is 3.94. The Kier molecular flexibility index (Phi) is 11.3. The van der Waals surface area contributed by atoms with Crippen LogP contribution in [-0.2, 0) is 4.79 Å². The summed E-state index contributed by atoms with van der Waals surface area (Å²) in [5.41, 5.74) is 0. The molecule has 0 radical (unpaired) electrons. The Balaban J connectivity index is 0. The number of nitrogens with zero attached hydrogens (tertiary/aromatic N) is 3. The average Bonchev–Trinajstić information content (AvgIpc) is 2.28. The van der Waals surface area contributed by atoms with Crippen LogP contribution in [0.1, 0.15) is 39.5 Å². The Hall–Kier alpha value is -1.10. The zero-order valence-corrected chi connectivity index (χ0v) is 14.6. The van der Waals surface area contributed by atoms with Crippen molar-refractivity contribution in [2.24, 2.45) is 10.9 Å². The molecule has 0 aliphatic carbocycles. The number of guanidine groups is 1. The molecule has 120 valence electrons. The summed E-state index contributed by atoms with van der Waals surface area (Å²) in [4.78, 5) is 16.5. The highest BCUT2D eigenvalue weighted by molar-refractivity contribution is 5.72. The third kappa shape index (κ3) is 9.78. The lowest BCUT2D eigenvalue weighted by Crippen LogP contribution is -2.48. The van der Waals surface area contributed by atoms with E-state index in [1.54, 1.807) is 0 Å². The molecule has 0 aromatic heterocycles. The van der Waals surface area contributed by atoms with Crippen LogP contribution >= 0.6 is 0 Å². The molecule has 0 saturated carbocycles. The molecule has 1 atom stereocenters. The molecule has 0 amide bonds. The van der Waals surface area contributed by atoms with Gasteiger partial charge < -0.3 is 14.8 Å². The van der Waals surface area contributed by atoms with Gasteiger partial charge in [-0.25, -0.2) is 4.99 Å². The van der Waals surface area contributed by atoms with E-state index in [1.165, 1.54) is 0 Å². The predicted molar refractivity (Wildman–Crippen MR) is 83.4 cm³/mol. The summed E-state index contributed by atoms with van der Waals surface area (Å²) in [5, 5.41) is 10.3. The second-order valence-electron chi connectivity index (χ2n) is 6.00. The third-order valence-electron chi connectivity index (χ3n) is 2.93. The molecule has 0 rings (SSSR count). The van der Waals surface area contributed by atoms with Gasteiger partial charge in [-0.15, -0.1) is 0 Å². The molecule has 0 aliphatic heterocycles. The minimum Gasteiger partial charge on any atom is -0.550 e. The first-order valence-electron chi connectivity index (χ1n) is 7.28. The maximum Gasteiger partial charge on any atom is 0.298 e. The van der Waals surface area contributed by atoms with Crippen LogP contribution in [0, 0.1) is 5.92 Å². The lowest BCUT2D eigenvalue weighted by Gasteiger charge is -2.28. The number of carboxylic acids is 1. The van der Waals surface area contributed by atoms with Gasteiger partial charge in [0.1, 0.15) is 0 Å². The van der Waals surface area contributed by atoms with Crippen LogP contribution in [0.5, 0.6) is 0 Å². The van der Waals surface area contributed by atoms with E-state index in [0.29, 0.717) is 6.42 Å². The van der Waals surface area contributed by atoms with E-state index >= 15 is 0 Å². The zero-order valence-electron chi connectivity index (χ0n) is 14.6. The van der Waals surface area contributed by atoms with Crippen molar-refractivity contribution in [1.82, 2.24) is 4.90 Å². The second-order valence-corrected chi connectivity index (χ2v) is 6.00. The highest BCUT2D eigenvalue weighted by atomic mass is 16.4. The van der Waals surface area contributed by atoms with E-state index in [1.807, 2.05) is 33.0 Å². The van der Waals surface area contributed by atoms with E-state index in [-0.39, 0.29) is 5.92 Å². The first-order chi connectivity index (χ1) is 9.11. The Bertz CT molecular complexity index is 294. The van der Waals surface area contributed by atoms with Crippen LogP contribution in [-0.4, -0.2) is 63.6 Å². The smallest absolute Gasteiger partial charge is 0.298 e. The van der Waals surface area contributed by atoms with Crippen molar-refractivity contribution < 1.29 is 14.4 Å². The van der Waals surface area contributed by atoms with E-state index in [2.05, 4.69) is 33.1 Å². The third-order valence-corrected chi connectivity index (χ3v) is 2.93. The highest BCUT2D eigenvalue weighted by Gasteiger charge is 2.18. The Morgan fingerprint density at radius 2 is 1.75 bits per heavy atom. The molecule has 0 bridgehead atoms. The van der Waals surface area contributed by atoms with Crippen molar-refractivity contribution >= 4 is 11.9 Å². The molecule has 0 aliphatic rings. The number of aliphatic carboxylic acids is 1. The molecule has 0 N–H and O–H groups in total. The van der Waals surface area contributed by atoms with Crippen LogP contribution in [0.25, 0.3) is 0 Å². The van der Waals surface area contributed by atoms with Crippen LogP contribution in [0.15, 0.2) is 4.99 Å². The topological polar surface area (TPSA) is 55.7 Å². The lowest BCUT2D eigenvalue weighted by molar-refractivity contribution is -0.782. The van der Waals surface area contributed by atoms with Crippen molar-refractivity contribution in [2.45, 2.75) is 39.5 Å². The van der Waals surface area contributed by atoms with Gasteiger partial charge in [0.25, 0.3) is 5.96 Å². The molecular weight excluding hydrogens is 254 g/mol. The summed E-state index contributed by atoms with van der Waals surface area (Å²) in [5.74, 6) is -0.0455. The number of unbranched alkanes of at least 4 members (excludes halogenated alkanes) is 1. The molecule has 20 heavy (non-hydrogen) atoms. The fourth-order valence-electron chi connectivity index (χ4n) is 2.04. The summed E-state index contributed by atoms with van der Waals surface area (Å²) >= 11 is 0. The number of carbonyl (C=O) groups excluding carboxylic acids is 1. The van der Waals surface area contributed by atoms with Gasteiger partial charge in [0.05, 0.1) is 21.1 Å². The minimum absolute atomic E-state index is 0.222. The van der Waals surface area contributed by atoms with Crippen molar-refractivity contribution in [1.29, 1.82) is 0 Å². The maximum absolute atomic E-state index is 10.3. The van der Waals surface area contributed by atoms with Gasteiger partial charge in [-0.3, -0.25) is 4.48 Å². The highest BCUT2D eigenvalue weighted by Crippen LogP contribution is 2.10. The lowest BCUT2D eigenvalue weighted by atomic mass is 10.00. The van der Waals surface area contributed by atoms with Gasteiger partial charge in [-0.1, -0.05) is 26.7 Å². The molecule has 0 aromatic rings. The molecule has 5 nitrogen and oxygen atoms in total. The van der Waals surface area contributed by atoms with Crippen LogP contribution in [0.3, 0.4) is 0 Å². The second kappa shape index (κ2) is 10.7. The SMILES string of the molecule is C/N=C(\N(C)C)[N+](C)(C)C.CCCCC(CC)C(=O)[O-]. The van der Waals surface area contributed by atoms with Gasteiger partial charge in [-0.2, -0.15) is 0 Å². The van der Waals surface area contributed by atoms with Crippen molar-refractivity contribution in [2.75, 3.05) is 42.3 Å². The standard InChI is InChI=1S/C8H16O2.C7H18N3/c1-3-5-6-7(4-2)8(9)10;1-8-7(9(2)3)10(4,5)6/h7H,3-6H2,1-2H3,(H,9,10);1-6H3/q;+1/p-1/b;8-7+. The number of carboxylic acid groups (broad SMARTS) is 1. The van der Waals surface area contributed by atoms with Gasteiger partial charge in [0, 0.05) is 27.1 Å². The molecular formula is C15H33N3O2. The molecule has 1 unspecified atom stereocenters. The van der Waals surface area contributed by atoms with Crippen molar-refractivity contribution in [3.63, 3.8) is 0 Å². The largest absolute Gasteiger partial charge is 0.550 e. The van der Waals surface area contributed by atoms with Gasteiger partial charge in [0.15, 0.2) is 0 Å². The van der Waals surface area contributed by atoms with Crippen LogP contribution in [0.2, 0.25) is 0 Å². The van der Waals surface area contributed by atoms with Gasteiger partial charge >= 0.3 is 0 Å². The monoisotopic (exact) mass is 287 g/mol.